The van der Waals surface area contributed by atoms with Crippen LogP contribution in [0.15, 0.2) is 48.5 Å². The van der Waals surface area contributed by atoms with Gasteiger partial charge in [-0.1, -0.05) is 30.3 Å². The highest BCUT2D eigenvalue weighted by atomic mass is 16.6. The number of methoxy groups -OCH3 is 1. The van der Waals surface area contributed by atoms with Crippen molar-refractivity contribution in [1.82, 2.24) is 4.90 Å². The van der Waals surface area contributed by atoms with Crippen molar-refractivity contribution in [2.45, 2.75) is 24.9 Å². The first-order chi connectivity index (χ1) is 12.3. The van der Waals surface area contributed by atoms with Gasteiger partial charge in [-0.2, -0.15) is 0 Å². The molecule has 1 fully saturated rings. The van der Waals surface area contributed by atoms with Crippen LogP contribution in [0.3, 0.4) is 0 Å². The second-order valence-corrected chi connectivity index (χ2v) is 6.84. The lowest BCUT2D eigenvalue weighted by molar-refractivity contribution is 0.0503. The molecule has 0 bridgehead atoms. The molecule has 2 aliphatic rings. The molecular weight excluding hydrogens is 314 g/mol. The molecule has 4 rings (SSSR count). The SMILES string of the molecule is COc1ccccc1C1CCCN(CC2COc3ccccc3O2)C1. The van der Waals surface area contributed by atoms with Gasteiger partial charge in [-0.3, -0.25) is 4.90 Å². The zero-order valence-electron chi connectivity index (χ0n) is 14.7. The highest BCUT2D eigenvalue weighted by Gasteiger charge is 2.28. The standard InChI is InChI=1S/C21H25NO3/c1-23-19-9-3-2-8-18(19)16-7-6-12-22(13-16)14-17-15-24-20-10-4-5-11-21(20)25-17/h2-5,8-11,16-17H,6-7,12-15H2,1H3. The molecular formula is C21H25NO3. The Bertz CT molecular complexity index is 718. The highest BCUT2D eigenvalue weighted by Crippen LogP contribution is 2.34. The fourth-order valence-corrected chi connectivity index (χ4v) is 3.92. The van der Waals surface area contributed by atoms with Crippen molar-refractivity contribution >= 4 is 0 Å². The van der Waals surface area contributed by atoms with Gasteiger partial charge in [0.05, 0.1) is 7.11 Å². The maximum absolute atomic E-state index is 6.13. The molecule has 2 unspecified atom stereocenters. The average molecular weight is 339 g/mol. The summed E-state index contributed by atoms with van der Waals surface area (Å²) in [7, 11) is 1.75. The zero-order chi connectivity index (χ0) is 17.1. The molecule has 4 heteroatoms. The van der Waals surface area contributed by atoms with E-state index in [0.717, 1.165) is 36.9 Å². The minimum absolute atomic E-state index is 0.0892. The molecule has 0 aliphatic carbocycles. The van der Waals surface area contributed by atoms with Crippen LogP contribution in [0.4, 0.5) is 0 Å². The van der Waals surface area contributed by atoms with Crippen molar-refractivity contribution in [3.63, 3.8) is 0 Å². The van der Waals surface area contributed by atoms with E-state index in [2.05, 4.69) is 23.1 Å². The van der Waals surface area contributed by atoms with Crippen LogP contribution in [-0.4, -0.2) is 44.4 Å². The largest absolute Gasteiger partial charge is 0.496 e. The number of nitrogens with zero attached hydrogens (tertiary/aromatic N) is 1. The van der Waals surface area contributed by atoms with Gasteiger partial charge >= 0.3 is 0 Å². The number of ether oxygens (including phenoxy) is 3. The summed E-state index contributed by atoms with van der Waals surface area (Å²) in [6, 6.07) is 16.3. The van der Waals surface area contributed by atoms with Gasteiger partial charge in [0.1, 0.15) is 18.5 Å². The number of piperidine rings is 1. The lowest BCUT2D eigenvalue weighted by Crippen LogP contribution is -2.44. The third-order valence-corrected chi connectivity index (χ3v) is 5.11. The number of hydrogen-bond acceptors (Lipinski definition) is 4. The Kier molecular flexibility index (Phi) is 4.79. The molecule has 2 atom stereocenters. The number of likely N-dealkylation sites (tertiary alicyclic amines) is 1. The average Bonchev–Trinajstić information content (AvgIpc) is 2.68. The van der Waals surface area contributed by atoms with E-state index in [-0.39, 0.29) is 6.10 Å². The van der Waals surface area contributed by atoms with E-state index in [1.165, 1.54) is 18.4 Å². The van der Waals surface area contributed by atoms with Crippen molar-refractivity contribution in [1.29, 1.82) is 0 Å². The molecule has 0 N–H and O–H groups in total. The lowest BCUT2D eigenvalue weighted by atomic mass is 9.90. The monoisotopic (exact) mass is 339 g/mol. The quantitative estimate of drug-likeness (QED) is 0.850. The summed E-state index contributed by atoms with van der Waals surface area (Å²) in [5.41, 5.74) is 1.32. The topological polar surface area (TPSA) is 30.9 Å². The molecule has 0 radical (unpaired) electrons. The van der Waals surface area contributed by atoms with Gasteiger partial charge in [-0.25, -0.2) is 0 Å². The summed E-state index contributed by atoms with van der Waals surface area (Å²) >= 11 is 0. The normalized spacial score (nSPS) is 23.2. The Balaban J connectivity index is 1.41. The van der Waals surface area contributed by atoms with E-state index in [0.29, 0.717) is 12.5 Å². The van der Waals surface area contributed by atoms with Gasteiger partial charge in [-0.05, 0) is 43.1 Å². The van der Waals surface area contributed by atoms with Crippen LogP contribution in [0, 0.1) is 0 Å². The van der Waals surface area contributed by atoms with Crippen LogP contribution in [-0.2, 0) is 0 Å². The molecule has 2 heterocycles. The van der Waals surface area contributed by atoms with Gasteiger partial charge in [-0.15, -0.1) is 0 Å². The Morgan fingerprint density at radius 1 is 1.08 bits per heavy atom. The van der Waals surface area contributed by atoms with Crippen LogP contribution < -0.4 is 14.2 Å². The predicted octanol–water partition coefficient (Wildman–Crippen LogP) is 3.71. The molecule has 4 nitrogen and oxygen atoms in total. The van der Waals surface area contributed by atoms with E-state index in [1.54, 1.807) is 7.11 Å². The third kappa shape index (κ3) is 3.59. The molecule has 25 heavy (non-hydrogen) atoms. The number of rotatable bonds is 4. The molecule has 1 saturated heterocycles. The maximum Gasteiger partial charge on any atom is 0.161 e. The summed E-state index contributed by atoms with van der Waals surface area (Å²) in [4.78, 5) is 2.50. The zero-order valence-corrected chi connectivity index (χ0v) is 14.7. The van der Waals surface area contributed by atoms with Crippen molar-refractivity contribution in [3.8, 4) is 17.2 Å². The Hall–Kier alpha value is -2.20. The van der Waals surface area contributed by atoms with Gasteiger partial charge in [0.25, 0.3) is 0 Å². The van der Waals surface area contributed by atoms with Crippen LogP contribution in [0.5, 0.6) is 17.2 Å². The predicted molar refractivity (Wildman–Crippen MR) is 97.8 cm³/mol. The van der Waals surface area contributed by atoms with Crippen LogP contribution in [0.25, 0.3) is 0 Å². The first-order valence-electron chi connectivity index (χ1n) is 9.07. The fourth-order valence-electron chi connectivity index (χ4n) is 3.92. The molecule has 132 valence electrons. The van der Waals surface area contributed by atoms with E-state index in [1.807, 2.05) is 30.3 Å². The number of hydrogen-bond donors (Lipinski definition) is 0. The Morgan fingerprint density at radius 2 is 1.88 bits per heavy atom. The molecule has 0 saturated carbocycles. The lowest BCUT2D eigenvalue weighted by Gasteiger charge is -2.36. The number of fused-ring (bicyclic) bond motifs is 1. The molecule has 0 aromatic heterocycles. The van der Waals surface area contributed by atoms with E-state index in [9.17, 15) is 0 Å². The highest BCUT2D eigenvalue weighted by molar-refractivity contribution is 5.40. The number of benzene rings is 2. The van der Waals surface area contributed by atoms with Gasteiger partial charge in [0.15, 0.2) is 11.5 Å². The summed E-state index contributed by atoms with van der Waals surface area (Å²) in [5, 5.41) is 0. The smallest absolute Gasteiger partial charge is 0.161 e. The van der Waals surface area contributed by atoms with Crippen molar-refractivity contribution in [2.75, 3.05) is 33.4 Å². The summed E-state index contributed by atoms with van der Waals surface area (Å²) in [5.74, 6) is 3.23. The van der Waals surface area contributed by atoms with Crippen molar-refractivity contribution in [2.24, 2.45) is 0 Å². The Morgan fingerprint density at radius 3 is 2.76 bits per heavy atom. The minimum Gasteiger partial charge on any atom is -0.496 e. The first kappa shape index (κ1) is 16.3. The molecule has 2 aromatic rings. The van der Waals surface area contributed by atoms with Crippen molar-refractivity contribution < 1.29 is 14.2 Å². The minimum atomic E-state index is 0.0892. The molecule has 0 amide bonds. The van der Waals surface area contributed by atoms with Crippen LogP contribution in [0.1, 0.15) is 24.3 Å². The van der Waals surface area contributed by atoms with E-state index in [4.69, 9.17) is 14.2 Å². The third-order valence-electron chi connectivity index (χ3n) is 5.11. The molecule has 2 aliphatic heterocycles. The van der Waals surface area contributed by atoms with Crippen molar-refractivity contribution in [3.05, 3.63) is 54.1 Å². The maximum atomic E-state index is 6.13. The second kappa shape index (κ2) is 7.36. The summed E-state index contributed by atoms with van der Waals surface area (Å²) < 4.78 is 17.5. The Labute approximate surface area is 149 Å². The summed E-state index contributed by atoms with van der Waals surface area (Å²) in [6.45, 7) is 3.68. The second-order valence-electron chi connectivity index (χ2n) is 6.84. The van der Waals surface area contributed by atoms with Crippen LogP contribution >= 0.6 is 0 Å². The van der Waals surface area contributed by atoms with Gasteiger partial charge in [0, 0.05) is 19.0 Å². The molecule has 2 aromatic carbocycles. The van der Waals surface area contributed by atoms with Crippen LogP contribution in [0.2, 0.25) is 0 Å². The van der Waals surface area contributed by atoms with E-state index >= 15 is 0 Å². The number of para-hydroxylation sites is 3. The van der Waals surface area contributed by atoms with Gasteiger partial charge in [0.2, 0.25) is 0 Å². The first-order valence-corrected chi connectivity index (χ1v) is 9.07. The fraction of sp³-hybridized carbons (Fsp3) is 0.429. The van der Waals surface area contributed by atoms with E-state index < -0.39 is 0 Å². The molecule has 0 spiro atoms. The summed E-state index contributed by atoms with van der Waals surface area (Å²) in [6.07, 6.45) is 2.50. The van der Waals surface area contributed by atoms with Gasteiger partial charge < -0.3 is 14.2 Å².